The van der Waals surface area contributed by atoms with Crippen LogP contribution in [0.3, 0.4) is 0 Å². The highest BCUT2D eigenvalue weighted by molar-refractivity contribution is 7.89. The molecule has 5 rings (SSSR count). The molecule has 35 heavy (non-hydrogen) atoms. The number of aryl methyl sites for hydroxylation is 1. The van der Waals surface area contributed by atoms with E-state index in [4.69, 9.17) is 0 Å². The van der Waals surface area contributed by atoms with Crippen LogP contribution in [0.4, 0.5) is 5.69 Å². The molecule has 3 aliphatic rings. The van der Waals surface area contributed by atoms with Crippen molar-refractivity contribution in [1.29, 1.82) is 0 Å². The number of hydrogen-bond donors (Lipinski definition) is 1. The van der Waals surface area contributed by atoms with E-state index < -0.39 is 10.0 Å². The normalized spacial score (nSPS) is 22.6. The van der Waals surface area contributed by atoms with E-state index in [9.17, 15) is 18.0 Å². The van der Waals surface area contributed by atoms with E-state index in [-0.39, 0.29) is 41.1 Å². The molecule has 2 aromatic carbocycles. The number of rotatable bonds is 6. The van der Waals surface area contributed by atoms with Crippen molar-refractivity contribution in [3.8, 4) is 0 Å². The SMILES string of the molecule is Cc1ccc(CNC(=O)[C@@H]2CCCN(S(=O)(=O)c3ccc4c(c3)C[C@H](C)N4C(=O)C3CC3)C2)cc1. The monoisotopic (exact) mass is 495 g/mol. The van der Waals surface area contributed by atoms with Gasteiger partial charge in [0.15, 0.2) is 0 Å². The molecule has 2 atom stereocenters. The number of nitrogens with one attached hydrogen (secondary N) is 1. The average molecular weight is 496 g/mol. The van der Waals surface area contributed by atoms with Gasteiger partial charge in [0.1, 0.15) is 0 Å². The van der Waals surface area contributed by atoms with Gasteiger partial charge in [-0.25, -0.2) is 8.42 Å². The molecule has 1 N–H and O–H groups in total. The Morgan fingerprint density at radius 3 is 2.49 bits per heavy atom. The Morgan fingerprint density at radius 1 is 1.03 bits per heavy atom. The van der Waals surface area contributed by atoms with Crippen LogP contribution in [-0.2, 0) is 32.6 Å². The molecule has 186 valence electrons. The summed E-state index contributed by atoms with van der Waals surface area (Å²) in [4.78, 5) is 27.6. The lowest BCUT2D eigenvalue weighted by Gasteiger charge is -2.31. The van der Waals surface area contributed by atoms with Gasteiger partial charge in [-0.2, -0.15) is 4.31 Å². The smallest absolute Gasteiger partial charge is 0.243 e. The molecule has 2 fully saturated rings. The van der Waals surface area contributed by atoms with Crippen molar-refractivity contribution < 1.29 is 18.0 Å². The highest BCUT2D eigenvalue weighted by Crippen LogP contribution is 2.40. The van der Waals surface area contributed by atoms with E-state index in [1.165, 1.54) is 4.31 Å². The molecule has 0 radical (unpaired) electrons. The quantitative estimate of drug-likeness (QED) is 0.666. The molecule has 2 aliphatic heterocycles. The van der Waals surface area contributed by atoms with Gasteiger partial charge < -0.3 is 10.2 Å². The molecular weight excluding hydrogens is 462 g/mol. The van der Waals surface area contributed by atoms with Crippen molar-refractivity contribution in [2.24, 2.45) is 11.8 Å². The molecule has 2 amide bonds. The van der Waals surface area contributed by atoms with Crippen LogP contribution in [-0.4, -0.2) is 43.7 Å². The first-order chi connectivity index (χ1) is 16.7. The molecule has 0 spiro atoms. The summed E-state index contributed by atoms with van der Waals surface area (Å²) in [5, 5.41) is 2.97. The third-order valence-electron chi connectivity index (χ3n) is 7.41. The molecule has 2 heterocycles. The van der Waals surface area contributed by atoms with E-state index in [1.54, 1.807) is 18.2 Å². The zero-order valence-electron chi connectivity index (χ0n) is 20.4. The van der Waals surface area contributed by atoms with E-state index in [1.807, 2.05) is 43.0 Å². The van der Waals surface area contributed by atoms with Crippen LogP contribution >= 0.6 is 0 Å². The Bertz CT molecular complexity index is 1240. The van der Waals surface area contributed by atoms with Gasteiger partial charge in [0.05, 0.1) is 10.8 Å². The lowest BCUT2D eigenvalue weighted by molar-refractivity contribution is -0.126. The van der Waals surface area contributed by atoms with Crippen molar-refractivity contribution >= 4 is 27.5 Å². The summed E-state index contributed by atoms with van der Waals surface area (Å²) in [7, 11) is -3.73. The van der Waals surface area contributed by atoms with Gasteiger partial charge in [-0.3, -0.25) is 9.59 Å². The second kappa shape index (κ2) is 9.39. The van der Waals surface area contributed by atoms with Gasteiger partial charge in [0, 0.05) is 37.3 Å². The number of sulfonamides is 1. The van der Waals surface area contributed by atoms with Crippen LogP contribution in [0, 0.1) is 18.8 Å². The third-order valence-corrected chi connectivity index (χ3v) is 9.27. The number of hydrogen-bond acceptors (Lipinski definition) is 4. The average Bonchev–Trinajstić information content (AvgIpc) is 3.65. The molecule has 2 aromatic rings. The number of benzene rings is 2. The van der Waals surface area contributed by atoms with Crippen LogP contribution < -0.4 is 10.2 Å². The van der Waals surface area contributed by atoms with Gasteiger partial charge in [0.25, 0.3) is 0 Å². The maximum absolute atomic E-state index is 13.5. The van der Waals surface area contributed by atoms with Crippen molar-refractivity contribution in [2.75, 3.05) is 18.0 Å². The lowest BCUT2D eigenvalue weighted by atomic mass is 9.98. The van der Waals surface area contributed by atoms with Crippen LogP contribution in [0.2, 0.25) is 0 Å². The Balaban J connectivity index is 1.27. The Hall–Kier alpha value is -2.71. The number of fused-ring (bicyclic) bond motifs is 1. The first-order valence-electron chi connectivity index (χ1n) is 12.5. The highest BCUT2D eigenvalue weighted by atomic mass is 32.2. The topological polar surface area (TPSA) is 86.8 Å². The molecule has 1 saturated heterocycles. The molecule has 0 unspecified atom stereocenters. The van der Waals surface area contributed by atoms with E-state index in [0.717, 1.165) is 35.2 Å². The van der Waals surface area contributed by atoms with Crippen molar-refractivity contribution in [1.82, 2.24) is 9.62 Å². The van der Waals surface area contributed by atoms with Crippen LogP contribution in [0.15, 0.2) is 47.4 Å². The molecular formula is C27H33N3O4S. The zero-order chi connectivity index (χ0) is 24.7. The van der Waals surface area contributed by atoms with Crippen molar-refractivity contribution in [3.05, 3.63) is 59.2 Å². The van der Waals surface area contributed by atoms with Crippen LogP contribution in [0.25, 0.3) is 0 Å². The number of amides is 2. The van der Waals surface area contributed by atoms with Gasteiger partial charge >= 0.3 is 0 Å². The minimum absolute atomic E-state index is 0.0349. The maximum Gasteiger partial charge on any atom is 0.243 e. The zero-order valence-corrected chi connectivity index (χ0v) is 21.2. The van der Waals surface area contributed by atoms with E-state index in [2.05, 4.69) is 5.32 Å². The lowest BCUT2D eigenvalue weighted by Crippen LogP contribution is -2.45. The Kier molecular flexibility index (Phi) is 6.44. The number of anilines is 1. The fourth-order valence-electron chi connectivity index (χ4n) is 5.19. The second-order valence-electron chi connectivity index (χ2n) is 10.2. The van der Waals surface area contributed by atoms with Gasteiger partial charge in [-0.15, -0.1) is 0 Å². The summed E-state index contributed by atoms with van der Waals surface area (Å²) in [6.45, 7) is 5.05. The van der Waals surface area contributed by atoms with E-state index in [0.29, 0.717) is 32.4 Å². The third kappa shape index (κ3) is 4.86. The number of piperidine rings is 1. The van der Waals surface area contributed by atoms with Crippen molar-refractivity contribution in [3.63, 3.8) is 0 Å². The standard InChI is InChI=1S/C27H33N3O4S/c1-18-5-7-20(8-6-18)16-28-26(31)22-4-3-13-29(17-22)35(33,34)24-11-12-25-23(15-24)14-19(2)30(25)27(32)21-9-10-21/h5-8,11-12,15,19,21-22H,3-4,9-10,13-14,16-17H2,1-2H3,(H,28,31)/t19-,22+/m0/s1. The number of nitrogens with zero attached hydrogens (tertiary/aromatic N) is 2. The van der Waals surface area contributed by atoms with Gasteiger partial charge in [-0.05, 0) is 75.3 Å². The fraction of sp³-hybridized carbons (Fsp3) is 0.481. The summed E-state index contributed by atoms with van der Waals surface area (Å²) < 4.78 is 28.4. The predicted octanol–water partition coefficient (Wildman–Crippen LogP) is 3.40. The minimum atomic E-state index is -3.73. The number of carbonyl (C=O) groups excluding carboxylic acids is 2. The molecule has 0 aromatic heterocycles. The first-order valence-corrected chi connectivity index (χ1v) is 14.0. The fourth-order valence-corrected chi connectivity index (χ4v) is 6.77. The summed E-state index contributed by atoms with van der Waals surface area (Å²) in [6, 6.07) is 13.1. The number of carbonyl (C=O) groups is 2. The summed E-state index contributed by atoms with van der Waals surface area (Å²) >= 11 is 0. The minimum Gasteiger partial charge on any atom is -0.352 e. The first kappa shape index (κ1) is 24.0. The molecule has 1 aliphatic carbocycles. The Morgan fingerprint density at radius 2 is 1.77 bits per heavy atom. The summed E-state index contributed by atoms with van der Waals surface area (Å²) in [5.41, 5.74) is 3.92. The van der Waals surface area contributed by atoms with Crippen LogP contribution in [0.1, 0.15) is 49.3 Å². The van der Waals surface area contributed by atoms with Gasteiger partial charge in [0.2, 0.25) is 21.8 Å². The predicted molar refractivity (Wildman–Crippen MR) is 134 cm³/mol. The maximum atomic E-state index is 13.5. The molecule has 8 heteroatoms. The Labute approximate surface area is 207 Å². The van der Waals surface area contributed by atoms with Gasteiger partial charge in [-0.1, -0.05) is 29.8 Å². The summed E-state index contributed by atoms with van der Waals surface area (Å²) in [5.74, 6) is -0.204. The second-order valence-corrected chi connectivity index (χ2v) is 12.2. The molecule has 1 saturated carbocycles. The molecule has 7 nitrogen and oxygen atoms in total. The van der Waals surface area contributed by atoms with Crippen LogP contribution in [0.5, 0.6) is 0 Å². The molecule has 0 bridgehead atoms. The largest absolute Gasteiger partial charge is 0.352 e. The van der Waals surface area contributed by atoms with Crippen molar-refractivity contribution in [2.45, 2.75) is 63.4 Å². The summed E-state index contributed by atoms with van der Waals surface area (Å²) in [6.07, 6.45) is 3.86. The highest BCUT2D eigenvalue weighted by Gasteiger charge is 2.40. The van der Waals surface area contributed by atoms with E-state index >= 15 is 0 Å².